The highest BCUT2D eigenvalue weighted by molar-refractivity contribution is 7.93. The van der Waals surface area contributed by atoms with Crippen LogP contribution in [0.2, 0.25) is 5.02 Å². The molecule has 0 fully saturated rings. The van der Waals surface area contributed by atoms with Crippen LogP contribution in [-0.2, 0) is 16.6 Å². The number of benzene rings is 1. The molecule has 0 bridgehead atoms. The quantitative estimate of drug-likeness (QED) is 0.717. The fourth-order valence-electron chi connectivity index (χ4n) is 2.61. The Kier molecular flexibility index (Phi) is 4.71. The summed E-state index contributed by atoms with van der Waals surface area (Å²) in [6.07, 6.45) is 3.15. The van der Waals surface area contributed by atoms with E-state index in [4.69, 9.17) is 11.6 Å². The first-order valence-electron chi connectivity index (χ1n) is 7.69. The van der Waals surface area contributed by atoms with Crippen molar-refractivity contribution in [2.45, 2.75) is 25.3 Å². The summed E-state index contributed by atoms with van der Waals surface area (Å²) in [6.45, 7) is 4.69. The van der Waals surface area contributed by atoms with Crippen molar-refractivity contribution >= 4 is 38.3 Å². The maximum absolute atomic E-state index is 14.0. The number of aromatic nitrogens is 2. The lowest BCUT2D eigenvalue weighted by Crippen LogP contribution is -2.14. The Morgan fingerprint density at radius 3 is 2.76 bits per heavy atom. The number of hydrogen-bond acceptors (Lipinski definition) is 3. The maximum Gasteiger partial charge on any atom is 0.264 e. The zero-order valence-electron chi connectivity index (χ0n) is 13.7. The third kappa shape index (κ3) is 3.62. The molecule has 0 atom stereocenters. The van der Waals surface area contributed by atoms with E-state index in [2.05, 4.69) is 9.71 Å². The Hall–Kier alpha value is -2.12. The van der Waals surface area contributed by atoms with Crippen molar-refractivity contribution in [2.75, 3.05) is 4.72 Å². The monoisotopic (exact) mass is 381 g/mol. The number of sulfonamides is 1. The summed E-state index contributed by atoms with van der Waals surface area (Å²) >= 11 is 5.71. The molecule has 0 unspecified atom stereocenters. The van der Waals surface area contributed by atoms with Crippen molar-refractivity contribution in [1.29, 1.82) is 0 Å². The van der Waals surface area contributed by atoms with Gasteiger partial charge in [-0.25, -0.2) is 17.8 Å². The number of hydrogen-bond donors (Lipinski definition) is 1. The van der Waals surface area contributed by atoms with E-state index < -0.39 is 15.8 Å². The number of fused-ring (bicyclic) bond motifs is 1. The van der Waals surface area contributed by atoms with Gasteiger partial charge in [-0.05, 0) is 36.2 Å². The van der Waals surface area contributed by atoms with Crippen LogP contribution in [0.3, 0.4) is 0 Å². The zero-order chi connectivity index (χ0) is 18.2. The average molecular weight is 382 g/mol. The van der Waals surface area contributed by atoms with E-state index in [9.17, 15) is 12.8 Å². The Bertz CT molecular complexity index is 1030. The molecule has 0 aliphatic rings. The molecule has 2 aromatic heterocycles. The van der Waals surface area contributed by atoms with Crippen molar-refractivity contribution in [1.82, 2.24) is 9.55 Å². The lowest BCUT2D eigenvalue weighted by atomic mass is 10.2. The fraction of sp³-hybridized carbons (Fsp3) is 0.235. The molecule has 2 heterocycles. The number of nitrogens with zero attached hydrogens (tertiary/aromatic N) is 2. The zero-order valence-corrected chi connectivity index (χ0v) is 15.3. The maximum atomic E-state index is 14.0. The van der Waals surface area contributed by atoms with Crippen molar-refractivity contribution in [2.24, 2.45) is 5.92 Å². The van der Waals surface area contributed by atoms with E-state index in [-0.39, 0.29) is 15.6 Å². The van der Waals surface area contributed by atoms with Crippen LogP contribution in [0.1, 0.15) is 13.8 Å². The van der Waals surface area contributed by atoms with Crippen LogP contribution in [0.4, 0.5) is 10.1 Å². The second kappa shape index (κ2) is 6.65. The minimum Gasteiger partial charge on any atom is -0.331 e. The first kappa shape index (κ1) is 17.7. The van der Waals surface area contributed by atoms with Gasteiger partial charge in [-0.1, -0.05) is 25.4 Å². The van der Waals surface area contributed by atoms with Crippen molar-refractivity contribution in [3.05, 3.63) is 53.6 Å². The van der Waals surface area contributed by atoms with Gasteiger partial charge in [-0.3, -0.25) is 4.72 Å². The summed E-state index contributed by atoms with van der Waals surface area (Å²) in [6, 6.07) is 7.13. The van der Waals surface area contributed by atoms with E-state index >= 15 is 0 Å². The molecule has 0 aliphatic heterocycles. The Morgan fingerprint density at radius 1 is 1.32 bits per heavy atom. The van der Waals surface area contributed by atoms with Crippen LogP contribution in [0.25, 0.3) is 11.0 Å². The van der Waals surface area contributed by atoms with E-state index in [0.29, 0.717) is 23.5 Å². The first-order valence-corrected chi connectivity index (χ1v) is 9.56. The van der Waals surface area contributed by atoms with Crippen LogP contribution in [-0.4, -0.2) is 18.0 Å². The van der Waals surface area contributed by atoms with Gasteiger partial charge in [0.15, 0.2) is 0 Å². The molecule has 0 aliphatic carbocycles. The molecule has 0 radical (unpaired) electrons. The second-order valence-electron chi connectivity index (χ2n) is 6.14. The molecular formula is C17H17ClFN3O2S. The number of anilines is 1. The van der Waals surface area contributed by atoms with E-state index in [1.165, 1.54) is 18.3 Å². The molecule has 132 valence electrons. The molecule has 25 heavy (non-hydrogen) atoms. The predicted molar refractivity (Wildman–Crippen MR) is 96.8 cm³/mol. The van der Waals surface area contributed by atoms with Gasteiger partial charge in [-0.2, -0.15) is 0 Å². The average Bonchev–Trinajstić information content (AvgIpc) is 2.89. The predicted octanol–water partition coefficient (Wildman–Crippen LogP) is 4.29. The van der Waals surface area contributed by atoms with Gasteiger partial charge in [-0.15, -0.1) is 0 Å². The highest BCUT2D eigenvalue weighted by Crippen LogP contribution is 2.28. The molecule has 3 rings (SSSR count). The fourth-order valence-corrected chi connectivity index (χ4v) is 4.05. The second-order valence-corrected chi connectivity index (χ2v) is 8.23. The van der Waals surface area contributed by atoms with E-state index in [1.54, 1.807) is 22.9 Å². The number of nitrogens with one attached hydrogen (secondary N) is 1. The minimum absolute atomic E-state index is 0.0607. The topological polar surface area (TPSA) is 64.0 Å². The van der Waals surface area contributed by atoms with Crippen molar-refractivity contribution < 1.29 is 12.8 Å². The third-order valence-electron chi connectivity index (χ3n) is 3.62. The Morgan fingerprint density at radius 2 is 2.08 bits per heavy atom. The van der Waals surface area contributed by atoms with Crippen molar-refractivity contribution in [3.63, 3.8) is 0 Å². The number of halogens is 2. The summed E-state index contributed by atoms with van der Waals surface area (Å²) in [4.78, 5) is 4.34. The lowest BCUT2D eigenvalue weighted by Gasteiger charge is -2.08. The number of pyridine rings is 1. The summed E-state index contributed by atoms with van der Waals surface area (Å²) < 4.78 is 43.6. The van der Waals surface area contributed by atoms with Gasteiger partial charge < -0.3 is 4.57 Å². The summed E-state index contributed by atoms with van der Waals surface area (Å²) in [5.74, 6) is -0.421. The third-order valence-corrected chi connectivity index (χ3v) is 5.25. The molecule has 1 aromatic carbocycles. The summed E-state index contributed by atoms with van der Waals surface area (Å²) in [7, 11) is -3.98. The summed E-state index contributed by atoms with van der Waals surface area (Å²) in [5.41, 5.74) is 0.422. The van der Waals surface area contributed by atoms with Crippen LogP contribution in [0.5, 0.6) is 0 Å². The van der Waals surface area contributed by atoms with Gasteiger partial charge in [0, 0.05) is 29.3 Å². The van der Waals surface area contributed by atoms with Gasteiger partial charge in [0.2, 0.25) is 0 Å². The highest BCUT2D eigenvalue weighted by Gasteiger charge is 2.23. The van der Waals surface area contributed by atoms with Gasteiger partial charge in [0.25, 0.3) is 10.0 Å². The largest absolute Gasteiger partial charge is 0.331 e. The Labute approximate surface area is 150 Å². The smallest absolute Gasteiger partial charge is 0.264 e. The normalized spacial score (nSPS) is 12.0. The van der Waals surface area contributed by atoms with E-state index in [1.807, 2.05) is 13.8 Å². The van der Waals surface area contributed by atoms with Crippen molar-refractivity contribution in [3.8, 4) is 0 Å². The highest BCUT2D eigenvalue weighted by atomic mass is 35.5. The number of rotatable bonds is 5. The summed E-state index contributed by atoms with van der Waals surface area (Å²) in [5, 5.41) is 0.684. The van der Waals surface area contributed by atoms with Gasteiger partial charge >= 0.3 is 0 Å². The molecule has 5 nitrogen and oxygen atoms in total. The van der Waals surface area contributed by atoms with Crippen LogP contribution >= 0.6 is 11.6 Å². The first-order chi connectivity index (χ1) is 11.8. The molecule has 3 aromatic rings. The van der Waals surface area contributed by atoms with Gasteiger partial charge in [0.05, 0.1) is 5.69 Å². The van der Waals surface area contributed by atoms with E-state index in [0.717, 1.165) is 6.07 Å². The molecule has 1 N–H and O–H groups in total. The van der Waals surface area contributed by atoms with Crippen LogP contribution < -0.4 is 4.72 Å². The van der Waals surface area contributed by atoms with Gasteiger partial charge in [0.1, 0.15) is 16.4 Å². The standard InChI is InChI=1S/C17H17ClFN3O2S/c1-11(2)9-22-10-16(13-4-3-7-20-17(13)22)25(23,24)21-15-6-5-12(18)8-14(15)19/h3-8,10-11,21H,9H2,1-2H3. The molecular weight excluding hydrogens is 365 g/mol. The molecule has 8 heteroatoms. The van der Waals surface area contributed by atoms with Crippen LogP contribution in [0.15, 0.2) is 47.6 Å². The Balaban J connectivity index is 2.08. The molecule has 0 saturated carbocycles. The SMILES string of the molecule is CC(C)Cn1cc(S(=O)(=O)Nc2ccc(Cl)cc2F)c2cccnc21. The molecule has 0 saturated heterocycles. The molecule has 0 spiro atoms. The lowest BCUT2D eigenvalue weighted by molar-refractivity contribution is 0.530. The minimum atomic E-state index is -3.98. The molecule has 0 amide bonds. The van der Waals surface area contributed by atoms with Crippen LogP contribution in [0, 0.1) is 11.7 Å².